The number of hydrogen-bond donors (Lipinski definition) is 1. The smallest absolute Gasteiger partial charge is 0.243 e. The summed E-state index contributed by atoms with van der Waals surface area (Å²) in [4.78, 5) is 14.5. The first-order chi connectivity index (χ1) is 13.9. The summed E-state index contributed by atoms with van der Waals surface area (Å²) in [6, 6.07) is 14.1. The highest BCUT2D eigenvalue weighted by molar-refractivity contribution is 7.89. The number of aryl methyl sites for hydroxylation is 1. The van der Waals surface area contributed by atoms with Gasteiger partial charge in [-0.15, -0.1) is 0 Å². The van der Waals surface area contributed by atoms with Crippen molar-refractivity contribution in [3.63, 3.8) is 0 Å². The van der Waals surface area contributed by atoms with Gasteiger partial charge in [-0.3, -0.25) is 9.69 Å². The van der Waals surface area contributed by atoms with Gasteiger partial charge in [0.15, 0.2) is 0 Å². The molecule has 1 amide bonds. The number of rotatable bonds is 7. The van der Waals surface area contributed by atoms with Gasteiger partial charge in [-0.1, -0.05) is 43.1 Å². The molecule has 0 aromatic heterocycles. The lowest BCUT2D eigenvalue weighted by Crippen LogP contribution is -2.50. The second-order valence-electron chi connectivity index (χ2n) is 7.13. The van der Waals surface area contributed by atoms with Crippen molar-refractivity contribution in [1.29, 1.82) is 0 Å². The molecule has 1 saturated heterocycles. The highest BCUT2D eigenvalue weighted by atomic mass is 35.5. The third kappa shape index (κ3) is 5.79. The number of nitrogens with one attached hydrogen (secondary N) is 1. The van der Waals surface area contributed by atoms with E-state index >= 15 is 0 Å². The normalized spacial score (nSPS) is 15.9. The maximum Gasteiger partial charge on any atom is 0.243 e. The maximum absolute atomic E-state index is 12.9. The SMILES string of the molecule is CCCc1ccc(S(=O)(=O)N2CCN(CC(=O)Nc3cccc(Cl)c3)CC2)cc1. The third-order valence-electron chi connectivity index (χ3n) is 4.91. The Kier molecular flexibility index (Phi) is 7.29. The molecule has 0 spiro atoms. The number of nitrogens with zero attached hydrogens (tertiary/aromatic N) is 2. The lowest BCUT2D eigenvalue weighted by Gasteiger charge is -2.33. The maximum atomic E-state index is 12.9. The number of benzene rings is 2. The molecule has 0 atom stereocenters. The number of carbonyl (C=O) groups is 1. The Morgan fingerprint density at radius 1 is 1.07 bits per heavy atom. The zero-order chi connectivity index (χ0) is 20.9. The Hall–Kier alpha value is -1.93. The fourth-order valence-electron chi connectivity index (χ4n) is 3.36. The van der Waals surface area contributed by atoms with E-state index in [-0.39, 0.29) is 12.5 Å². The molecule has 0 bridgehead atoms. The van der Waals surface area contributed by atoms with Crippen LogP contribution in [0.2, 0.25) is 5.02 Å². The van der Waals surface area contributed by atoms with E-state index in [1.807, 2.05) is 17.0 Å². The summed E-state index contributed by atoms with van der Waals surface area (Å²) in [5.74, 6) is -0.143. The molecule has 2 aromatic carbocycles. The Balaban J connectivity index is 1.53. The summed E-state index contributed by atoms with van der Waals surface area (Å²) < 4.78 is 27.2. The number of anilines is 1. The van der Waals surface area contributed by atoms with Gasteiger partial charge in [0.25, 0.3) is 0 Å². The summed E-state index contributed by atoms with van der Waals surface area (Å²) in [6.45, 7) is 4.06. The molecule has 8 heteroatoms. The first-order valence-electron chi connectivity index (χ1n) is 9.75. The van der Waals surface area contributed by atoms with E-state index in [2.05, 4.69) is 12.2 Å². The van der Waals surface area contributed by atoms with Crippen molar-refractivity contribution in [1.82, 2.24) is 9.21 Å². The minimum absolute atomic E-state index is 0.143. The van der Waals surface area contributed by atoms with Crippen LogP contribution in [-0.2, 0) is 21.2 Å². The zero-order valence-electron chi connectivity index (χ0n) is 16.5. The van der Waals surface area contributed by atoms with Crippen molar-refractivity contribution in [3.05, 3.63) is 59.1 Å². The van der Waals surface area contributed by atoms with Gasteiger partial charge in [0.05, 0.1) is 11.4 Å². The van der Waals surface area contributed by atoms with E-state index in [1.165, 1.54) is 4.31 Å². The Bertz CT molecular complexity index is 940. The van der Waals surface area contributed by atoms with Gasteiger partial charge < -0.3 is 5.32 Å². The molecule has 0 unspecified atom stereocenters. The third-order valence-corrected chi connectivity index (χ3v) is 7.05. The fourth-order valence-corrected chi connectivity index (χ4v) is 4.98. The molecule has 156 valence electrons. The second kappa shape index (κ2) is 9.71. The summed E-state index contributed by atoms with van der Waals surface area (Å²) in [7, 11) is -3.51. The summed E-state index contributed by atoms with van der Waals surface area (Å²) in [5.41, 5.74) is 1.79. The van der Waals surface area contributed by atoms with E-state index in [4.69, 9.17) is 11.6 Å². The molecule has 2 aromatic rings. The van der Waals surface area contributed by atoms with Gasteiger partial charge in [0.1, 0.15) is 0 Å². The summed E-state index contributed by atoms with van der Waals surface area (Å²) in [6.07, 6.45) is 1.97. The number of hydrogen-bond acceptors (Lipinski definition) is 4. The van der Waals surface area contributed by atoms with Crippen LogP contribution in [0.3, 0.4) is 0 Å². The number of piperazine rings is 1. The van der Waals surface area contributed by atoms with Crippen LogP contribution in [0.25, 0.3) is 0 Å². The highest BCUT2D eigenvalue weighted by Gasteiger charge is 2.29. The van der Waals surface area contributed by atoms with Gasteiger partial charge in [-0.05, 0) is 42.3 Å². The van der Waals surface area contributed by atoms with Crippen LogP contribution in [0.5, 0.6) is 0 Å². The van der Waals surface area contributed by atoms with E-state index in [0.717, 1.165) is 18.4 Å². The van der Waals surface area contributed by atoms with E-state index in [1.54, 1.807) is 36.4 Å². The minimum atomic E-state index is -3.51. The van der Waals surface area contributed by atoms with Gasteiger partial charge in [0, 0.05) is 36.9 Å². The van der Waals surface area contributed by atoms with Crippen molar-refractivity contribution in [2.45, 2.75) is 24.7 Å². The zero-order valence-corrected chi connectivity index (χ0v) is 18.0. The van der Waals surface area contributed by atoms with E-state index in [0.29, 0.717) is 41.8 Å². The van der Waals surface area contributed by atoms with Crippen molar-refractivity contribution in [2.75, 3.05) is 38.0 Å². The molecule has 0 aliphatic carbocycles. The lowest BCUT2D eigenvalue weighted by atomic mass is 10.1. The summed E-state index contributed by atoms with van der Waals surface area (Å²) >= 11 is 5.93. The number of carbonyl (C=O) groups excluding carboxylic acids is 1. The van der Waals surface area contributed by atoms with Gasteiger partial charge in [-0.2, -0.15) is 4.31 Å². The van der Waals surface area contributed by atoms with Crippen molar-refractivity contribution in [3.8, 4) is 0 Å². The molecule has 1 fully saturated rings. The molecule has 1 heterocycles. The molecular formula is C21H26ClN3O3S. The molecule has 3 rings (SSSR count). The van der Waals surface area contributed by atoms with Crippen LogP contribution in [0.1, 0.15) is 18.9 Å². The van der Waals surface area contributed by atoms with Gasteiger partial charge in [0.2, 0.25) is 15.9 Å². The minimum Gasteiger partial charge on any atom is -0.325 e. The van der Waals surface area contributed by atoms with Crippen LogP contribution in [-0.4, -0.2) is 56.3 Å². The average Bonchev–Trinajstić information content (AvgIpc) is 2.69. The first-order valence-corrected chi connectivity index (χ1v) is 11.6. The fraction of sp³-hybridized carbons (Fsp3) is 0.381. The number of sulfonamides is 1. The average molecular weight is 436 g/mol. The van der Waals surface area contributed by atoms with Crippen LogP contribution in [0, 0.1) is 0 Å². The van der Waals surface area contributed by atoms with Crippen LogP contribution >= 0.6 is 11.6 Å². The van der Waals surface area contributed by atoms with Gasteiger partial charge in [-0.25, -0.2) is 8.42 Å². The van der Waals surface area contributed by atoms with Crippen LogP contribution in [0.4, 0.5) is 5.69 Å². The Morgan fingerprint density at radius 3 is 2.38 bits per heavy atom. The monoisotopic (exact) mass is 435 g/mol. The van der Waals surface area contributed by atoms with Crippen LogP contribution in [0.15, 0.2) is 53.4 Å². The molecule has 29 heavy (non-hydrogen) atoms. The molecule has 1 N–H and O–H groups in total. The standard InChI is InChI=1S/C21H26ClN3O3S/c1-2-4-17-7-9-20(10-8-17)29(27,28)25-13-11-24(12-14-25)16-21(26)23-19-6-3-5-18(22)15-19/h3,5-10,15H,2,4,11-14,16H2,1H3,(H,23,26). The quantitative estimate of drug-likeness (QED) is 0.724. The van der Waals surface area contributed by atoms with Crippen molar-refractivity contribution >= 4 is 33.2 Å². The molecule has 6 nitrogen and oxygen atoms in total. The summed E-state index contributed by atoms with van der Waals surface area (Å²) in [5, 5.41) is 3.38. The number of amides is 1. The Labute approximate surface area is 177 Å². The molecule has 0 saturated carbocycles. The van der Waals surface area contributed by atoms with Crippen molar-refractivity contribution in [2.24, 2.45) is 0 Å². The van der Waals surface area contributed by atoms with E-state index in [9.17, 15) is 13.2 Å². The predicted molar refractivity (Wildman–Crippen MR) is 116 cm³/mol. The van der Waals surface area contributed by atoms with Crippen LogP contribution < -0.4 is 5.32 Å². The van der Waals surface area contributed by atoms with Crippen molar-refractivity contribution < 1.29 is 13.2 Å². The second-order valence-corrected chi connectivity index (χ2v) is 9.51. The highest BCUT2D eigenvalue weighted by Crippen LogP contribution is 2.19. The predicted octanol–water partition coefficient (Wildman–Crippen LogP) is 3.24. The largest absolute Gasteiger partial charge is 0.325 e. The molecule has 1 aliphatic heterocycles. The first kappa shape index (κ1) is 21.8. The molecule has 1 aliphatic rings. The molecule has 0 radical (unpaired) electrons. The lowest BCUT2D eigenvalue weighted by molar-refractivity contribution is -0.117. The van der Waals surface area contributed by atoms with Gasteiger partial charge >= 0.3 is 0 Å². The van der Waals surface area contributed by atoms with E-state index < -0.39 is 10.0 Å². The number of halogens is 1. The Morgan fingerprint density at radius 2 is 1.76 bits per heavy atom. The molecular weight excluding hydrogens is 410 g/mol. The topological polar surface area (TPSA) is 69.7 Å².